The molecule has 0 fully saturated rings. The van der Waals surface area contributed by atoms with E-state index in [0.29, 0.717) is 5.56 Å². The number of halogens is 1. The molecule has 0 atom stereocenters. The predicted molar refractivity (Wildman–Crippen MR) is 58.1 cm³/mol. The lowest BCUT2D eigenvalue weighted by molar-refractivity contribution is 0.318. The summed E-state index contributed by atoms with van der Waals surface area (Å²) >= 11 is 3.32. The highest BCUT2D eigenvalue weighted by Gasteiger charge is 2.03. The molecule has 5 heteroatoms. The molecule has 0 radical (unpaired) electrons. The average molecular weight is 257 g/mol. The van der Waals surface area contributed by atoms with Crippen molar-refractivity contribution in [2.24, 2.45) is 10.3 Å². The molecule has 14 heavy (non-hydrogen) atoms. The van der Waals surface area contributed by atoms with Crippen LogP contribution in [0.5, 0.6) is 0 Å². The van der Waals surface area contributed by atoms with Gasteiger partial charge in [-0.25, -0.2) is 0 Å². The highest BCUT2D eigenvalue weighted by molar-refractivity contribution is 9.08. The van der Waals surface area contributed by atoms with Crippen LogP contribution in [0.3, 0.4) is 0 Å². The molecule has 74 valence electrons. The van der Waals surface area contributed by atoms with Crippen LogP contribution in [0.4, 0.5) is 0 Å². The van der Waals surface area contributed by atoms with E-state index in [1.54, 1.807) is 12.1 Å². The molecule has 0 aliphatic heterocycles. The minimum Gasteiger partial charge on any atom is -0.411 e. The van der Waals surface area contributed by atoms with Crippen molar-refractivity contribution in [3.8, 4) is 0 Å². The minimum atomic E-state index is -0.121. The lowest BCUT2D eigenvalue weighted by atomic mass is 10.1. The van der Waals surface area contributed by atoms with Crippen molar-refractivity contribution >= 4 is 21.6 Å². The summed E-state index contributed by atoms with van der Waals surface area (Å²) in [6, 6.07) is 7.35. The van der Waals surface area contributed by atoms with Crippen LogP contribution in [0.1, 0.15) is 11.1 Å². The Hall–Kier alpha value is -1.23. The van der Waals surface area contributed by atoms with Crippen molar-refractivity contribution in [2.75, 3.05) is 6.54 Å². The van der Waals surface area contributed by atoms with Gasteiger partial charge in [0.15, 0.2) is 0 Å². The Balaban J connectivity index is 2.89. The number of nitroso groups, excluding NO2 is 1. The molecule has 0 spiro atoms. The van der Waals surface area contributed by atoms with E-state index in [4.69, 9.17) is 5.21 Å². The Morgan fingerprint density at radius 2 is 2.00 bits per heavy atom. The molecule has 0 aliphatic rings. The first-order valence-electron chi connectivity index (χ1n) is 3.97. The van der Waals surface area contributed by atoms with Gasteiger partial charge in [0.05, 0.1) is 0 Å². The smallest absolute Gasteiger partial charge is 0.127 e. The molecule has 0 unspecified atom stereocenters. The topological polar surface area (TPSA) is 62.0 Å². The van der Waals surface area contributed by atoms with E-state index in [0.717, 1.165) is 10.9 Å². The zero-order chi connectivity index (χ0) is 10.4. The van der Waals surface area contributed by atoms with Crippen LogP contribution in [-0.4, -0.2) is 17.5 Å². The first kappa shape index (κ1) is 10.8. The van der Waals surface area contributed by atoms with Crippen molar-refractivity contribution in [2.45, 2.75) is 5.33 Å². The fourth-order valence-corrected chi connectivity index (χ4v) is 1.40. The van der Waals surface area contributed by atoms with Gasteiger partial charge < -0.3 is 5.21 Å². The van der Waals surface area contributed by atoms with Gasteiger partial charge in [-0.15, -0.1) is 0 Å². The summed E-state index contributed by atoms with van der Waals surface area (Å²) in [5.41, 5.74) is 2.10. The largest absolute Gasteiger partial charge is 0.411 e. The number of nitrogens with zero attached hydrogens (tertiary/aromatic N) is 2. The highest BCUT2D eigenvalue weighted by atomic mass is 79.9. The minimum absolute atomic E-state index is 0.121. The lowest BCUT2D eigenvalue weighted by Gasteiger charge is -2.00. The molecule has 1 N–H and O–H groups in total. The maximum Gasteiger partial charge on any atom is 0.127 e. The first-order chi connectivity index (χ1) is 6.81. The summed E-state index contributed by atoms with van der Waals surface area (Å²) < 4.78 is 0. The number of benzene rings is 1. The van der Waals surface area contributed by atoms with Crippen LogP contribution in [0.15, 0.2) is 34.6 Å². The number of hydrogen-bond acceptors (Lipinski definition) is 4. The van der Waals surface area contributed by atoms with Gasteiger partial charge in [0.2, 0.25) is 0 Å². The Morgan fingerprint density at radius 3 is 2.43 bits per heavy atom. The van der Waals surface area contributed by atoms with Crippen LogP contribution in [-0.2, 0) is 5.33 Å². The second-order valence-electron chi connectivity index (χ2n) is 2.66. The predicted octanol–water partition coefficient (Wildman–Crippen LogP) is 2.53. The van der Waals surface area contributed by atoms with Crippen LogP contribution >= 0.6 is 15.9 Å². The molecule has 0 heterocycles. The maximum atomic E-state index is 10.0. The molecule has 0 aromatic heterocycles. The van der Waals surface area contributed by atoms with E-state index < -0.39 is 0 Å². The third-order valence-corrected chi connectivity index (χ3v) is 2.42. The van der Waals surface area contributed by atoms with Crippen molar-refractivity contribution in [3.05, 3.63) is 40.3 Å². The number of oxime groups is 1. The Bertz CT molecular complexity index is 335. The molecular formula is C9H9BrN2O2. The molecule has 0 saturated heterocycles. The first-order valence-corrected chi connectivity index (χ1v) is 5.09. The zero-order valence-corrected chi connectivity index (χ0v) is 8.94. The average Bonchev–Trinajstić information content (AvgIpc) is 2.26. The Labute approximate surface area is 89.7 Å². The van der Waals surface area contributed by atoms with Crippen molar-refractivity contribution in [1.29, 1.82) is 0 Å². The summed E-state index contributed by atoms with van der Waals surface area (Å²) in [4.78, 5) is 10.0. The third-order valence-electron chi connectivity index (χ3n) is 1.78. The summed E-state index contributed by atoms with van der Waals surface area (Å²) in [5, 5.41) is 15.1. The van der Waals surface area contributed by atoms with Crippen molar-refractivity contribution in [3.63, 3.8) is 0 Å². The van der Waals surface area contributed by atoms with Gasteiger partial charge in [-0.2, -0.15) is 4.91 Å². The molecule has 0 amide bonds. The number of rotatable bonds is 4. The fourth-order valence-electron chi connectivity index (χ4n) is 1.03. The SMILES string of the molecule is O=NC/C(=N\O)c1ccc(CBr)cc1. The van der Waals surface area contributed by atoms with Crippen molar-refractivity contribution < 1.29 is 5.21 Å². The molecule has 1 aromatic carbocycles. The van der Waals surface area contributed by atoms with E-state index in [9.17, 15) is 4.91 Å². The van der Waals surface area contributed by atoms with Crippen molar-refractivity contribution in [1.82, 2.24) is 0 Å². The molecular weight excluding hydrogens is 248 g/mol. The van der Waals surface area contributed by atoms with Crippen LogP contribution in [0.2, 0.25) is 0 Å². The standard InChI is InChI=1S/C9H9BrN2O2/c10-5-7-1-3-8(4-2-7)9(12-14)6-11-13/h1-4,14H,5-6H2/b12-9+. The molecule has 1 rings (SSSR count). The van der Waals surface area contributed by atoms with E-state index in [1.807, 2.05) is 12.1 Å². The molecule has 0 saturated carbocycles. The fraction of sp³-hybridized carbons (Fsp3) is 0.222. The second kappa shape index (κ2) is 5.49. The normalized spacial score (nSPS) is 11.4. The monoisotopic (exact) mass is 256 g/mol. The van der Waals surface area contributed by atoms with Gasteiger partial charge in [0, 0.05) is 10.9 Å². The van der Waals surface area contributed by atoms with E-state index in [-0.39, 0.29) is 12.3 Å². The van der Waals surface area contributed by atoms with E-state index >= 15 is 0 Å². The van der Waals surface area contributed by atoms with Gasteiger partial charge in [-0.3, -0.25) is 0 Å². The summed E-state index contributed by atoms with van der Waals surface area (Å²) in [5.74, 6) is 0. The quantitative estimate of drug-likeness (QED) is 0.296. The zero-order valence-electron chi connectivity index (χ0n) is 7.35. The molecule has 0 bridgehead atoms. The summed E-state index contributed by atoms with van der Waals surface area (Å²) in [6.07, 6.45) is 0. The molecule has 0 aliphatic carbocycles. The molecule has 1 aromatic rings. The Kier molecular flexibility index (Phi) is 4.25. The van der Waals surface area contributed by atoms with Crippen LogP contribution < -0.4 is 0 Å². The van der Waals surface area contributed by atoms with E-state index in [1.165, 1.54) is 0 Å². The van der Waals surface area contributed by atoms with Gasteiger partial charge >= 0.3 is 0 Å². The summed E-state index contributed by atoms with van der Waals surface area (Å²) in [6.45, 7) is -0.121. The maximum absolute atomic E-state index is 10.0. The number of alkyl halides is 1. The summed E-state index contributed by atoms with van der Waals surface area (Å²) in [7, 11) is 0. The van der Waals surface area contributed by atoms with Crippen LogP contribution in [0.25, 0.3) is 0 Å². The lowest BCUT2D eigenvalue weighted by Crippen LogP contribution is -2.04. The van der Waals surface area contributed by atoms with Gasteiger partial charge in [-0.1, -0.05) is 50.5 Å². The van der Waals surface area contributed by atoms with Gasteiger partial charge in [0.25, 0.3) is 0 Å². The number of hydrogen-bond donors (Lipinski definition) is 1. The second-order valence-corrected chi connectivity index (χ2v) is 3.23. The van der Waals surface area contributed by atoms with Gasteiger partial charge in [-0.05, 0) is 5.56 Å². The van der Waals surface area contributed by atoms with E-state index in [2.05, 4.69) is 26.3 Å². The third kappa shape index (κ3) is 2.63. The molecule has 4 nitrogen and oxygen atoms in total. The van der Waals surface area contributed by atoms with Crippen LogP contribution in [0, 0.1) is 4.91 Å². The van der Waals surface area contributed by atoms with Gasteiger partial charge in [0.1, 0.15) is 12.3 Å². The Morgan fingerprint density at radius 1 is 1.36 bits per heavy atom. The highest BCUT2D eigenvalue weighted by Crippen LogP contribution is 2.09.